The van der Waals surface area contributed by atoms with Gasteiger partial charge in [-0.3, -0.25) is 0 Å². The van der Waals surface area contributed by atoms with Crippen LogP contribution in [0.4, 0.5) is 0 Å². The Morgan fingerprint density at radius 2 is 1.88 bits per heavy atom. The lowest BCUT2D eigenvalue weighted by Gasteiger charge is -2.02. The van der Waals surface area contributed by atoms with Crippen molar-refractivity contribution in [1.29, 1.82) is 0 Å². The molecule has 1 aromatic rings. The molecule has 3 heteroatoms. The average Bonchev–Trinajstić information content (AvgIpc) is 2.76. The van der Waals surface area contributed by atoms with Crippen molar-refractivity contribution < 1.29 is 9.15 Å². The van der Waals surface area contributed by atoms with Crippen molar-refractivity contribution in [1.82, 2.24) is 5.32 Å². The molecule has 0 radical (unpaired) electrons. The number of furan rings is 1. The van der Waals surface area contributed by atoms with Crippen LogP contribution in [-0.4, -0.2) is 13.7 Å². The second-order valence-electron chi connectivity index (χ2n) is 4.37. The van der Waals surface area contributed by atoms with Crippen LogP contribution in [0, 0.1) is 0 Å². The Kier molecular flexibility index (Phi) is 7.76. The first-order valence-electron chi connectivity index (χ1n) is 6.66. The first-order chi connectivity index (χ1) is 8.36. The Balaban J connectivity index is 2.01. The fourth-order valence-corrected chi connectivity index (χ4v) is 1.75. The highest BCUT2D eigenvalue weighted by Crippen LogP contribution is 2.09. The van der Waals surface area contributed by atoms with Crippen molar-refractivity contribution in [2.75, 3.05) is 13.7 Å². The summed E-state index contributed by atoms with van der Waals surface area (Å²) in [7, 11) is 1.91. The Labute approximate surface area is 105 Å². The molecule has 0 fully saturated rings. The topological polar surface area (TPSA) is 34.4 Å². The third-order valence-corrected chi connectivity index (χ3v) is 2.70. The Bertz CT molecular complexity index is 284. The molecule has 0 saturated heterocycles. The van der Waals surface area contributed by atoms with E-state index in [1.807, 2.05) is 19.2 Å². The molecule has 0 spiro atoms. The minimum atomic E-state index is 0.595. The standard InChI is InChI=1S/C14H25NO2/c1-3-4-5-6-7-10-16-12-14-9-8-13(17-14)11-15-2/h8-9,15H,3-7,10-12H2,1-2H3. The molecule has 1 aromatic heterocycles. The van der Waals surface area contributed by atoms with E-state index in [4.69, 9.17) is 9.15 Å². The molecule has 0 aliphatic carbocycles. The van der Waals surface area contributed by atoms with Crippen LogP contribution in [0.25, 0.3) is 0 Å². The second kappa shape index (κ2) is 9.25. The molecule has 17 heavy (non-hydrogen) atoms. The molecule has 0 aliphatic rings. The summed E-state index contributed by atoms with van der Waals surface area (Å²) >= 11 is 0. The van der Waals surface area contributed by atoms with Gasteiger partial charge >= 0.3 is 0 Å². The van der Waals surface area contributed by atoms with Crippen LogP contribution in [0.2, 0.25) is 0 Å². The maximum Gasteiger partial charge on any atom is 0.129 e. The quantitative estimate of drug-likeness (QED) is 0.635. The zero-order valence-electron chi connectivity index (χ0n) is 11.1. The highest BCUT2D eigenvalue weighted by atomic mass is 16.5. The van der Waals surface area contributed by atoms with Gasteiger partial charge in [0.05, 0.1) is 6.54 Å². The van der Waals surface area contributed by atoms with E-state index >= 15 is 0 Å². The third kappa shape index (κ3) is 6.49. The van der Waals surface area contributed by atoms with Crippen LogP contribution in [0.3, 0.4) is 0 Å². The van der Waals surface area contributed by atoms with E-state index in [0.717, 1.165) is 31.1 Å². The summed E-state index contributed by atoms with van der Waals surface area (Å²) in [5, 5.41) is 3.06. The van der Waals surface area contributed by atoms with E-state index in [1.165, 1.54) is 25.7 Å². The zero-order chi connectivity index (χ0) is 12.3. The van der Waals surface area contributed by atoms with Gasteiger partial charge in [-0.25, -0.2) is 0 Å². The number of unbranched alkanes of at least 4 members (excludes halogenated alkanes) is 4. The number of hydrogen-bond donors (Lipinski definition) is 1. The van der Waals surface area contributed by atoms with Gasteiger partial charge in [-0.1, -0.05) is 32.6 Å². The molecule has 0 aromatic carbocycles. The van der Waals surface area contributed by atoms with E-state index in [0.29, 0.717) is 6.61 Å². The van der Waals surface area contributed by atoms with Gasteiger partial charge in [0.25, 0.3) is 0 Å². The van der Waals surface area contributed by atoms with Gasteiger partial charge in [-0.05, 0) is 25.6 Å². The molecule has 0 unspecified atom stereocenters. The maximum absolute atomic E-state index is 5.58. The monoisotopic (exact) mass is 239 g/mol. The highest BCUT2D eigenvalue weighted by Gasteiger charge is 2.00. The van der Waals surface area contributed by atoms with Crippen molar-refractivity contribution in [2.45, 2.75) is 52.2 Å². The van der Waals surface area contributed by atoms with Gasteiger partial charge < -0.3 is 14.5 Å². The molecule has 98 valence electrons. The van der Waals surface area contributed by atoms with E-state index in [9.17, 15) is 0 Å². The Hall–Kier alpha value is -0.800. The van der Waals surface area contributed by atoms with Gasteiger partial charge in [0.15, 0.2) is 0 Å². The molecule has 3 nitrogen and oxygen atoms in total. The molecule has 0 saturated carbocycles. The van der Waals surface area contributed by atoms with Crippen LogP contribution < -0.4 is 5.32 Å². The summed E-state index contributed by atoms with van der Waals surface area (Å²) in [4.78, 5) is 0. The summed E-state index contributed by atoms with van der Waals surface area (Å²) < 4.78 is 11.2. The minimum absolute atomic E-state index is 0.595. The van der Waals surface area contributed by atoms with Crippen LogP contribution in [0.5, 0.6) is 0 Å². The first kappa shape index (κ1) is 14.3. The molecule has 0 bridgehead atoms. The zero-order valence-corrected chi connectivity index (χ0v) is 11.1. The number of ether oxygens (including phenoxy) is 1. The number of nitrogens with one attached hydrogen (secondary N) is 1. The summed E-state index contributed by atoms with van der Waals surface area (Å²) in [5.74, 6) is 1.89. The molecule has 1 N–H and O–H groups in total. The SMILES string of the molecule is CCCCCCCOCc1ccc(CNC)o1. The Morgan fingerprint density at radius 3 is 2.65 bits per heavy atom. The predicted molar refractivity (Wildman–Crippen MR) is 69.9 cm³/mol. The predicted octanol–water partition coefficient (Wildman–Crippen LogP) is 3.49. The molecule has 1 rings (SSSR count). The molecule has 0 atom stereocenters. The molecular formula is C14H25NO2. The third-order valence-electron chi connectivity index (χ3n) is 2.70. The van der Waals surface area contributed by atoms with Crippen molar-refractivity contribution >= 4 is 0 Å². The number of rotatable bonds is 10. The molecule has 0 amide bonds. The van der Waals surface area contributed by atoms with Crippen LogP contribution in [0.15, 0.2) is 16.5 Å². The summed E-state index contributed by atoms with van der Waals surface area (Å²) in [5.41, 5.74) is 0. The lowest BCUT2D eigenvalue weighted by atomic mass is 10.2. The molecule has 0 aliphatic heterocycles. The van der Waals surface area contributed by atoms with E-state index in [2.05, 4.69) is 12.2 Å². The number of hydrogen-bond acceptors (Lipinski definition) is 3. The average molecular weight is 239 g/mol. The Morgan fingerprint density at radius 1 is 1.12 bits per heavy atom. The molecular weight excluding hydrogens is 214 g/mol. The van der Waals surface area contributed by atoms with Crippen LogP contribution in [-0.2, 0) is 17.9 Å². The largest absolute Gasteiger partial charge is 0.462 e. The fraction of sp³-hybridized carbons (Fsp3) is 0.714. The van der Waals surface area contributed by atoms with Crippen LogP contribution in [0.1, 0.15) is 50.5 Å². The lowest BCUT2D eigenvalue weighted by Crippen LogP contribution is -2.03. The lowest BCUT2D eigenvalue weighted by molar-refractivity contribution is 0.101. The van der Waals surface area contributed by atoms with Crippen molar-refractivity contribution in [3.05, 3.63) is 23.7 Å². The van der Waals surface area contributed by atoms with Gasteiger partial charge in [-0.2, -0.15) is 0 Å². The highest BCUT2D eigenvalue weighted by molar-refractivity contribution is 5.06. The van der Waals surface area contributed by atoms with E-state index < -0.39 is 0 Å². The van der Waals surface area contributed by atoms with E-state index in [1.54, 1.807) is 0 Å². The van der Waals surface area contributed by atoms with E-state index in [-0.39, 0.29) is 0 Å². The molecule has 1 heterocycles. The normalized spacial score (nSPS) is 10.9. The maximum atomic E-state index is 5.58. The summed E-state index contributed by atoms with van der Waals surface area (Å²) in [6.07, 6.45) is 6.39. The van der Waals surface area contributed by atoms with Crippen molar-refractivity contribution in [3.63, 3.8) is 0 Å². The second-order valence-corrected chi connectivity index (χ2v) is 4.37. The first-order valence-corrected chi connectivity index (χ1v) is 6.66. The summed E-state index contributed by atoms with van der Waals surface area (Å²) in [6.45, 7) is 4.44. The minimum Gasteiger partial charge on any atom is -0.462 e. The van der Waals surface area contributed by atoms with Gasteiger partial charge in [0.1, 0.15) is 18.1 Å². The van der Waals surface area contributed by atoms with Gasteiger partial charge in [-0.15, -0.1) is 0 Å². The van der Waals surface area contributed by atoms with Crippen molar-refractivity contribution in [3.8, 4) is 0 Å². The van der Waals surface area contributed by atoms with Gasteiger partial charge in [0.2, 0.25) is 0 Å². The van der Waals surface area contributed by atoms with Crippen LogP contribution >= 0.6 is 0 Å². The van der Waals surface area contributed by atoms with Crippen molar-refractivity contribution in [2.24, 2.45) is 0 Å². The smallest absolute Gasteiger partial charge is 0.129 e. The summed E-state index contributed by atoms with van der Waals surface area (Å²) in [6, 6.07) is 3.99. The van der Waals surface area contributed by atoms with Gasteiger partial charge in [0, 0.05) is 6.61 Å². The fourth-order valence-electron chi connectivity index (χ4n) is 1.75.